The van der Waals surface area contributed by atoms with Crippen molar-refractivity contribution in [2.75, 3.05) is 6.71 Å². The van der Waals surface area contributed by atoms with E-state index in [-0.39, 0.29) is 0 Å². The number of amides is 2. The third-order valence-corrected chi connectivity index (χ3v) is 0.207. The second kappa shape index (κ2) is 2.47. The first-order valence-corrected chi connectivity index (χ1v) is 1.29. The van der Waals surface area contributed by atoms with E-state index in [1.165, 1.54) is 0 Å². The Morgan fingerprint density at radius 2 is 2.83 bits per heavy atom. The molecule has 0 aromatic rings. The van der Waals surface area contributed by atoms with Crippen molar-refractivity contribution in [1.29, 1.82) is 0 Å². The summed E-state index contributed by atoms with van der Waals surface area (Å²) in [6, 6.07) is -0.900. The topological polar surface area (TPSA) is 75.3 Å². The minimum atomic E-state index is -1.60. The van der Waals surface area contributed by atoms with Gasteiger partial charge in [-0.1, -0.05) is 0 Å². The van der Waals surface area contributed by atoms with Crippen molar-refractivity contribution < 1.29 is 11.3 Å². The van der Waals surface area contributed by atoms with Gasteiger partial charge >= 0.3 is 6.03 Å². The summed E-state index contributed by atoms with van der Waals surface area (Å²) < 4.78 is 6.25. The van der Waals surface area contributed by atoms with Crippen LogP contribution in [0.1, 0.15) is 1.37 Å². The normalized spacial score (nSPS) is 15.2. The fraction of sp³-hybridized carbons (Fsp3) is 0.500. The third-order valence-electron chi connectivity index (χ3n) is 0.207. The summed E-state index contributed by atoms with van der Waals surface area (Å²) in [6.07, 6.45) is 0. The number of nitrogens with one attached hydrogen (secondary N) is 1. The van der Waals surface area contributed by atoms with Gasteiger partial charge in [-0.2, -0.15) is 0 Å². The molecule has 0 aromatic carbocycles. The smallest absolute Gasteiger partial charge is 0.313 e. The fourth-order valence-electron chi connectivity index (χ4n) is 0.0636. The molecule has 0 aliphatic carbocycles. The van der Waals surface area contributed by atoms with Crippen LogP contribution in [0.25, 0.3) is 0 Å². The summed E-state index contributed by atoms with van der Waals surface area (Å²) in [6.45, 7) is -1.60. The quantitative estimate of drug-likeness (QED) is 0.347. The van der Waals surface area contributed by atoms with Gasteiger partial charge in [0, 0.05) is 0 Å². The lowest BCUT2D eigenvalue weighted by Gasteiger charge is -1.88. The SMILES string of the molecule is [2H]C(O)NC(N)=O. The van der Waals surface area contributed by atoms with Crippen LogP contribution in [-0.4, -0.2) is 17.8 Å². The predicted molar refractivity (Wildman–Crippen MR) is 19.8 cm³/mol. The van der Waals surface area contributed by atoms with Crippen LogP contribution in [0.2, 0.25) is 0 Å². The van der Waals surface area contributed by atoms with Crippen molar-refractivity contribution in [1.82, 2.24) is 5.32 Å². The van der Waals surface area contributed by atoms with Gasteiger partial charge in [0.25, 0.3) is 0 Å². The van der Waals surface area contributed by atoms with Crippen LogP contribution in [0.5, 0.6) is 0 Å². The Morgan fingerprint density at radius 1 is 2.33 bits per heavy atom. The fourth-order valence-corrected chi connectivity index (χ4v) is 0.0636. The molecule has 0 aromatic heterocycles. The number of carbonyl (C=O) groups excluding carboxylic acids is 1. The molecule has 4 nitrogen and oxygen atoms in total. The second-order valence-electron chi connectivity index (χ2n) is 0.638. The molecule has 0 bridgehead atoms. The molecule has 0 radical (unpaired) electrons. The first kappa shape index (κ1) is 3.42. The van der Waals surface area contributed by atoms with E-state index < -0.39 is 12.7 Å². The minimum absolute atomic E-state index is 0.900. The van der Waals surface area contributed by atoms with Crippen LogP contribution in [0.15, 0.2) is 0 Å². The number of rotatable bonds is 1. The highest BCUT2D eigenvalue weighted by Gasteiger charge is 1.80. The van der Waals surface area contributed by atoms with Gasteiger partial charge in [-0.3, -0.25) is 0 Å². The van der Waals surface area contributed by atoms with Crippen LogP contribution in [0.4, 0.5) is 4.79 Å². The molecule has 4 N–H and O–H groups in total. The van der Waals surface area contributed by atoms with Gasteiger partial charge in [-0.05, 0) is 0 Å². The van der Waals surface area contributed by atoms with Crippen molar-refractivity contribution in [2.24, 2.45) is 5.73 Å². The maximum atomic E-state index is 9.64. The molecule has 0 aliphatic rings. The summed E-state index contributed by atoms with van der Waals surface area (Å²) in [4.78, 5) is 9.64. The molecule has 6 heavy (non-hydrogen) atoms. The largest absolute Gasteiger partial charge is 0.376 e. The molecular weight excluding hydrogens is 84.0 g/mol. The Bertz CT molecular complexity index is 74.1. The molecule has 1 unspecified atom stereocenters. The molecule has 0 heterocycles. The summed E-state index contributed by atoms with van der Waals surface area (Å²) >= 11 is 0. The van der Waals surface area contributed by atoms with Crippen LogP contribution in [0, 0.1) is 0 Å². The van der Waals surface area contributed by atoms with Crippen LogP contribution in [-0.2, 0) is 0 Å². The highest BCUT2D eigenvalue weighted by Crippen LogP contribution is 1.45. The number of hydrogen-bond donors (Lipinski definition) is 3. The first-order chi connectivity index (χ1) is 3.13. The Hall–Kier alpha value is -0.770. The lowest BCUT2D eigenvalue weighted by molar-refractivity contribution is 0.225. The van der Waals surface area contributed by atoms with E-state index in [4.69, 9.17) is 6.48 Å². The highest BCUT2D eigenvalue weighted by atomic mass is 16.3. The average molecular weight is 91.1 g/mol. The van der Waals surface area contributed by atoms with Crippen molar-refractivity contribution in [2.45, 2.75) is 0 Å². The monoisotopic (exact) mass is 91.0 g/mol. The Kier molecular flexibility index (Phi) is 1.41. The van der Waals surface area contributed by atoms with Crippen molar-refractivity contribution in [3.8, 4) is 0 Å². The Morgan fingerprint density at radius 3 is 2.83 bits per heavy atom. The molecule has 1 atom stereocenters. The molecule has 0 saturated heterocycles. The maximum Gasteiger partial charge on any atom is 0.313 e. The summed E-state index contributed by atoms with van der Waals surface area (Å²) in [5.41, 5.74) is 4.46. The molecule has 0 fully saturated rings. The first-order valence-electron chi connectivity index (χ1n) is 1.87. The van der Waals surface area contributed by atoms with Crippen molar-refractivity contribution in [3.05, 3.63) is 0 Å². The maximum absolute atomic E-state index is 9.64. The van der Waals surface area contributed by atoms with Gasteiger partial charge in [0.15, 0.2) is 0 Å². The zero-order chi connectivity index (χ0) is 5.86. The van der Waals surface area contributed by atoms with Gasteiger partial charge in [-0.25, -0.2) is 4.79 Å². The second-order valence-corrected chi connectivity index (χ2v) is 0.638. The molecule has 4 heteroatoms. The van der Waals surface area contributed by atoms with E-state index in [0.717, 1.165) is 0 Å². The Labute approximate surface area is 36.4 Å². The summed E-state index contributed by atoms with van der Waals surface area (Å²) in [5.74, 6) is 0. The minimum Gasteiger partial charge on any atom is -0.376 e. The third kappa shape index (κ3) is 3.23. The van der Waals surface area contributed by atoms with Gasteiger partial charge in [0.05, 0.1) is 1.37 Å². The molecule has 36 valence electrons. The number of carbonyl (C=O) groups is 1. The molecule has 0 aliphatic heterocycles. The summed E-state index contributed by atoms with van der Waals surface area (Å²) in [5, 5.41) is 9.64. The van der Waals surface area contributed by atoms with E-state index >= 15 is 0 Å². The molecule has 2 amide bonds. The van der Waals surface area contributed by atoms with Crippen LogP contribution in [0.3, 0.4) is 0 Å². The van der Waals surface area contributed by atoms with E-state index in [9.17, 15) is 4.79 Å². The lowest BCUT2D eigenvalue weighted by atomic mass is 11.0. The Balaban J connectivity index is 3.13. The number of primary amides is 1. The van der Waals surface area contributed by atoms with Crippen LogP contribution < -0.4 is 11.1 Å². The van der Waals surface area contributed by atoms with Crippen LogP contribution >= 0.6 is 0 Å². The molecule has 0 saturated carbocycles. The number of hydrogen-bond acceptors (Lipinski definition) is 2. The van der Waals surface area contributed by atoms with Gasteiger partial charge < -0.3 is 16.2 Å². The molecule has 0 spiro atoms. The highest BCUT2D eigenvalue weighted by molar-refractivity contribution is 5.71. The molecular formula is C2H6N2O2. The number of aliphatic hydroxyl groups excluding tert-OH is 1. The summed E-state index contributed by atoms with van der Waals surface area (Å²) in [7, 11) is 0. The van der Waals surface area contributed by atoms with E-state index in [2.05, 4.69) is 5.73 Å². The average Bonchev–Trinajstić information content (AvgIpc) is 1.27. The van der Waals surface area contributed by atoms with Gasteiger partial charge in [-0.15, -0.1) is 0 Å². The van der Waals surface area contributed by atoms with Crippen molar-refractivity contribution >= 4 is 6.03 Å². The zero-order valence-electron chi connectivity index (χ0n) is 4.01. The van der Waals surface area contributed by atoms with Gasteiger partial charge in [0.1, 0.15) is 6.71 Å². The van der Waals surface area contributed by atoms with E-state index in [0.29, 0.717) is 0 Å². The number of urea groups is 1. The number of aliphatic hydroxyl groups is 1. The van der Waals surface area contributed by atoms with Crippen molar-refractivity contribution in [3.63, 3.8) is 0 Å². The standard InChI is InChI=1S/C2H6N2O2/c3-2(6)4-1-5/h5H,1H2,(H3,3,4,6)/i1D. The number of nitrogens with two attached hydrogens (primary N) is 1. The zero-order valence-corrected chi connectivity index (χ0v) is 3.01. The van der Waals surface area contributed by atoms with E-state index in [1.54, 1.807) is 5.32 Å². The molecule has 0 rings (SSSR count). The van der Waals surface area contributed by atoms with Gasteiger partial charge in [0.2, 0.25) is 0 Å². The lowest BCUT2D eigenvalue weighted by Crippen LogP contribution is -2.29. The van der Waals surface area contributed by atoms with E-state index in [1.807, 2.05) is 0 Å². The predicted octanol–water partition coefficient (Wildman–Crippen LogP) is -1.40.